The summed E-state index contributed by atoms with van der Waals surface area (Å²) in [5, 5.41) is 0.408. The number of hydrogen-bond donors (Lipinski definition) is 0. The molecule has 0 aliphatic heterocycles. The van der Waals surface area contributed by atoms with Crippen molar-refractivity contribution >= 4 is 11.6 Å². The minimum atomic E-state index is 0.408. The van der Waals surface area contributed by atoms with Crippen molar-refractivity contribution in [3.63, 3.8) is 0 Å². The summed E-state index contributed by atoms with van der Waals surface area (Å²) in [7, 11) is 1.63. The van der Waals surface area contributed by atoms with Gasteiger partial charge in [-0.3, -0.25) is 0 Å². The molecule has 0 amide bonds. The van der Waals surface area contributed by atoms with E-state index in [4.69, 9.17) is 21.1 Å². The molecule has 0 spiro atoms. The first-order valence-electron chi connectivity index (χ1n) is 7.09. The lowest BCUT2D eigenvalue weighted by Gasteiger charge is -2.11. The molecule has 1 heterocycles. The average molecular weight is 305 g/mol. The van der Waals surface area contributed by atoms with Gasteiger partial charge in [0.1, 0.15) is 11.0 Å². The molecule has 110 valence electrons. The predicted octanol–water partition coefficient (Wildman–Crippen LogP) is 4.37. The Hall–Kier alpha value is -1.81. The second kappa shape index (κ2) is 5.90. The van der Waals surface area contributed by atoms with Crippen LogP contribution in [-0.4, -0.2) is 17.1 Å². The summed E-state index contributed by atoms with van der Waals surface area (Å²) in [6.45, 7) is 2.10. The van der Waals surface area contributed by atoms with Crippen LogP contribution in [0.25, 0.3) is 0 Å². The van der Waals surface area contributed by atoms with Gasteiger partial charge in [-0.2, -0.15) is 4.98 Å². The lowest BCUT2D eigenvalue weighted by atomic mass is 10.1. The molecule has 0 bridgehead atoms. The molecule has 1 aromatic heterocycles. The Kier molecular flexibility index (Phi) is 3.97. The molecular weight excluding hydrogens is 288 g/mol. The largest absolute Gasteiger partial charge is 0.493 e. The van der Waals surface area contributed by atoms with Gasteiger partial charge in [0.2, 0.25) is 5.88 Å². The number of rotatable bonds is 5. The first-order chi connectivity index (χ1) is 10.2. The third kappa shape index (κ3) is 3.27. The molecule has 1 aromatic carbocycles. The monoisotopic (exact) mass is 304 g/mol. The SMILES string of the molecule is CCc1ccc(Oc2cc(Cl)nc(C3CC3)n2)c(OC)c1. The Balaban J connectivity index is 1.89. The maximum Gasteiger partial charge on any atom is 0.224 e. The van der Waals surface area contributed by atoms with Gasteiger partial charge in [-0.05, 0) is 37.0 Å². The zero-order valence-electron chi connectivity index (χ0n) is 12.1. The molecule has 2 aromatic rings. The summed E-state index contributed by atoms with van der Waals surface area (Å²) >= 11 is 6.05. The Morgan fingerprint density at radius 3 is 2.67 bits per heavy atom. The number of aryl methyl sites for hydroxylation is 1. The minimum Gasteiger partial charge on any atom is -0.493 e. The van der Waals surface area contributed by atoms with Crippen LogP contribution in [0.1, 0.15) is 37.1 Å². The van der Waals surface area contributed by atoms with Crippen LogP contribution in [0.15, 0.2) is 24.3 Å². The zero-order chi connectivity index (χ0) is 14.8. The van der Waals surface area contributed by atoms with Gasteiger partial charge < -0.3 is 9.47 Å². The van der Waals surface area contributed by atoms with E-state index in [0.717, 1.165) is 25.1 Å². The van der Waals surface area contributed by atoms with E-state index in [1.807, 2.05) is 18.2 Å². The number of nitrogens with zero attached hydrogens (tertiary/aromatic N) is 2. The maximum atomic E-state index is 6.05. The van der Waals surface area contributed by atoms with Crippen molar-refractivity contribution in [2.75, 3.05) is 7.11 Å². The van der Waals surface area contributed by atoms with E-state index in [1.165, 1.54) is 5.56 Å². The van der Waals surface area contributed by atoms with Crippen molar-refractivity contribution in [3.8, 4) is 17.4 Å². The molecule has 0 radical (unpaired) electrons. The van der Waals surface area contributed by atoms with Crippen molar-refractivity contribution in [1.29, 1.82) is 0 Å². The van der Waals surface area contributed by atoms with E-state index in [1.54, 1.807) is 13.2 Å². The van der Waals surface area contributed by atoms with Crippen LogP contribution in [0.5, 0.6) is 17.4 Å². The van der Waals surface area contributed by atoms with E-state index in [0.29, 0.717) is 28.5 Å². The highest BCUT2D eigenvalue weighted by Crippen LogP contribution is 2.40. The molecule has 4 nitrogen and oxygen atoms in total. The number of ether oxygens (including phenoxy) is 2. The Bertz CT molecular complexity index is 657. The Morgan fingerprint density at radius 1 is 1.19 bits per heavy atom. The molecule has 21 heavy (non-hydrogen) atoms. The van der Waals surface area contributed by atoms with Crippen LogP contribution in [0.2, 0.25) is 5.15 Å². The Labute approximate surface area is 129 Å². The van der Waals surface area contributed by atoms with Gasteiger partial charge >= 0.3 is 0 Å². The van der Waals surface area contributed by atoms with Gasteiger partial charge in [-0.25, -0.2) is 4.98 Å². The molecule has 0 atom stereocenters. The zero-order valence-corrected chi connectivity index (χ0v) is 12.9. The van der Waals surface area contributed by atoms with Gasteiger partial charge in [0.15, 0.2) is 11.5 Å². The van der Waals surface area contributed by atoms with Gasteiger partial charge in [0.25, 0.3) is 0 Å². The van der Waals surface area contributed by atoms with Crippen LogP contribution < -0.4 is 9.47 Å². The van der Waals surface area contributed by atoms with Crippen molar-refractivity contribution < 1.29 is 9.47 Å². The van der Waals surface area contributed by atoms with Crippen molar-refractivity contribution in [2.24, 2.45) is 0 Å². The molecule has 1 aliphatic rings. The molecule has 5 heteroatoms. The molecule has 0 unspecified atom stereocenters. The van der Waals surface area contributed by atoms with Crippen molar-refractivity contribution in [2.45, 2.75) is 32.1 Å². The lowest BCUT2D eigenvalue weighted by Crippen LogP contribution is -1.98. The number of benzene rings is 1. The fourth-order valence-electron chi connectivity index (χ4n) is 2.12. The quantitative estimate of drug-likeness (QED) is 0.769. The fourth-order valence-corrected chi connectivity index (χ4v) is 2.30. The average Bonchev–Trinajstić information content (AvgIpc) is 3.31. The van der Waals surface area contributed by atoms with Gasteiger partial charge in [0, 0.05) is 12.0 Å². The molecule has 3 rings (SSSR count). The first-order valence-corrected chi connectivity index (χ1v) is 7.46. The third-order valence-corrected chi connectivity index (χ3v) is 3.68. The van der Waals surface area contributed by atoms with Crippen molar-refractivity contribution in [1.82, 2.24) is 9.97 Å². The summed E-state index contributed by atoms with van der Waals surface area (Å²) in [6, 6.07) is 7.51. The second-order valence-electron chi connectivity index (χ2n) is 5.10. The standard InChI is InChI=1S/C16H17ClN2O2/c1-3-10-4-7-12(13(8-10)20-2)21-15-9-14(17)18-16(19-15)11-5-6-11/h4,7-9,11H,3,5-6H2,1-2H3. The molecule has 1 fully saturated rings. The molecule has 0 saturated heterocycles. The third-order valence-electron chi connectivity index (χ3n) is 3.48. The van der Waals surface area contributed by atoms with E-state index in [-0.39, 0.29) is 0 Å². The maximum absolute atomic E-state index is 6.05. The normalized spacial score (nSPS) is 14.0. The first kappa shape index (κ1) is 14.1. The molecule has 0 N–H and O–H groups in total. The summed E-state index contributed by atoms with van der Waals surface area (Å²) in [6.07, 6.45) is 3.18. The van der Waals surface area contributed by atoms with Gasteiger partial charge in [-0.1, -0.05) is 24.6 Å². The minimum absolute atomic E-state index is 0.408. The van der Waals surface area contributed by atoms with Crippen LogP contribution in [0.3, 0.4) is 0 Å². The van der Waals surface area contributed by atoms with Crippen LogP contribution in [0, 0.1) is 0 Å². The van der Waals surface area contributed by atoms with E-state index >= 15 is 0 Å². The number of halogens is 1. The predicted molar refractivity (Wildman–Crippen MR) is 81.5 cm³/mol. The summed E-state index contributed by atoms with van der Waals surface area (Å²) < 4.78 is 11.2. The number of aromatic nitrogens is 2. The van der Waals surface area contributed by atoms with Gasteiger partial charge in [-0.15, -0.1) is 0 Å². The highest BCUT2D eigenvalue weighted by atomic mass is 35.5. The fraction of sp³-hybridized carbons (Fsp3) is 0.375. The van der Waals surface area contributed by atoms with E-state index in [2.05, 4.69) is 16.9 Å². The molecular formula is C16H17ClN2O2. The number of hydrogen-bond acceptors (Lipinski definition) is 4. The van der Waals surface area contributed by atoms with Crippen LogP contribution in [0.4, 0.5) is 0 Å². The molecule has 1 aliphatic carbocycles. The Morgan fingerprint density at radius 2 is 2.00 bits per heavy atom. The van der Waals surface area contributed by atoms with Gasteiger partial charge in [0.05, 0.1) is 7.11 Å². The highest BCUT2D eigenvalue weighted by Gasteiger charge is 2.27. The second-order valence-corrected chi connectivity index (χ2v) is 5.49. The summed E-state index contributed by atoms with van der Waals surface area (Å²) in [4.78, 5) is 8.69. The van der Waals surface area contributed by atoms with Crippen LogP contribution >= 0.6 is 11.6 Å². The summed E-state index contributed by atoms with van der Waals surface area (Å²) in [5.74, 6) is 2.97. The molecule has 1 saturated carbocycles. The van der Waals surface area contributed by atoms with Crippen molar-refractivity contribution in [3.05, 3.63) is 40.8 Å². The highest BCUT2D eigenvalue weighted by molar-refractivity contribution is 6.29. The van der Waals surface area contributed by atoms with Crippen LogP contribution in [-0.2, 0) is 6.42 Å². The number of methoxy groups -OCH3 is 1. The lowest BCUT2D eigenvalue weighted by molar-refractivity contribution is 0.373. The van der Waals surface area contributed by atoms with E-state index in [9.17, 15) is 0 Å². The summed E-state index contributed by atoms with van der Waals surface area (Å²) in [5.41, 5.74) is 1.19. The van der Waals surface area contributed by atoms with E-state index < -0.39 is 0 Å². The smallest absolute Gasteiger partial charge is 0.224 e. The topological polar surface area (TPSA) is 44.2 Å².